The predicted molar refractivity (Wildman–Crippen MR) is 65.9 cm³/mol. The number of hydrogen-bond acceptors (Lipinski definition) is 3. The lowest BCUT2D eigenvalue weighted by atomic mass is 10.0. The van der Waals surface area contributed by atoms with Crippen LogP contribution in [0.2, 0.25) is 0 Å². The van der Waals surface area contributed by atoms with Gasteiger partial charge in [0.25, 0.3) is 5.69 Å². The summed E-state index contributed by atoms with van der Waals surface area (Å²) >= 11 is 0. The Morgan fingerprint density at radius 2 is 2.17 bits per heavy atom. The average molecular weight is 250 g/mol. The Morgan fingerprint density at radius 3 is 2.67 bits per heavy atom. The molecule has 1 aromatic rings. The van der Waals surface area contributed by atoms with E-state index >= 15 is 0 Å². The van der Waals surface area contributed by atoms with Gasteiger partial charge in [0.15, 0.2) is 5.82 Å². The summed E-state index contributed by atoms with van der Waals surface area (Å²) in [6, 6.07) is 3.76. The van der Waals surface area contributed by atoms with Crippen molar-refractivity contribution < 1.29 is 9.31 Å². The van der Waals surface area contributed by atoms with Crippen LogP contribution in [0.25, 0.3) is 0 Å². The van der Waals surface area contributed by atoms with Crippen molar-refractivity contribution in [2.24, 2.45) is 11.3 Å². The number of nitrogens with one attached hydrogen (secondary N) is 1. The summed E-state index contributed by atoms with van der Waals surface area (Å²) in [7, 11) is 0. The van der Waals surface area contributed by atoms with E-state index in [0.29, 0.717) is 11.1 Å². The number of anilines is 1. The fourth-order valence-electron chi connectivity index (χ4n) is 2.62. The van der Waals surface area contributed by atoms with Crippen LogP contribution < -0.4 is 5.32 Å². The van der Waals surface area contributed by atoms with E-state index in [1.165, 1.54) is 37.8 Å². The van der Waals surface area contributed by atoms with E-state index in [1.54, 1.807) is 0 Å². The molecule has 4 nitrogen and oxygen atoms in total. The van der Waals surface area contributed by atoms with Gasteiger partial charge in [-0.25, -0.2) is 4.39 Å². The highest BCUT2D eigenvalue weighted by Gasteiger charge is 2.53. The second-order valence-electron chi connectivity index (χ2n) is 5.41. The zero-order valence-corrected chi connectivity index (χ0v) is 9.99. The van der Waals surface area contributed by atoms with Gasteiger partial charge in [0.2, 0.25) is 0 Å². The topological polar surface area (TPSA) is 55.2 Å². The molecule has 5 heteroatoms. The van der Waals surface area contributed by atoms with Crippen molar-refractivity contribution in [1.82, 2.24) is 0 Å². The molecule has 0 spiro atoms. The van der Waals surface area contributed by atoms with E-state index in [9.17, 15) is 14.5 Å². The lowest BCUT2D eigenvalue weighted by molar-refractivity contribution is -0.385. The molecule has 0 unspecified atom stereocenters. The van der Waals surface area contributed by atoms with Gasteiger partial charge >= 0.3 is 0 Å². The second kappa shape index (κ2) is 3.93. The minimum absolute atomic E-state index is 0.207. The van der Waals surface area contributed by atoms with Crippen molar-refractivity contribution in [3.63, 3.8) is 0 Å². The van der Waals surface area contributed by atoms with Crippen LogP contribution in [-0.4, -0.2) is 11.5 Å². The van der Waals surface area contributed by atoms with E-state index in [4.69, 9.17) is 0 Å². The number of hydrogen-bond donors (Lipinski definition) is 1. The number of nitrogens with zero attached hydrogens (tertiary/aromatic N) is 1. The molecule has 96 valence electrons. The van der Waals surface area contributed by atoms with Crippen LogP contribution in [0.1, 0.15) is 25.7 Å². The van der Waals surface area contributed by atoms with Crippen molar-refractivity contribution in [1.29, 1.82) is 0 Å². The zero-order valence-electron chi connectivity index (χ0n) is 9.99. The molecule has 2 fully saturated rings. The summed E-state index contributed by atoms with van der Waals surface area (Å²) < 4.78 is 13.7. The van der Waals surface area contributed by atoms with Gasteiger partial charge in [-0.15, -0.1) is 0 Å². The second-order valence-corrected chi connectivity index (χ2v) is 5.41. The van der Waals surface area contributed by atoms with Crippen LogP contribution in [0.15, 0.2) is 18.2 Å². The first-order chi connectivity index (χ1) is 8.61. The van der Waals surface area contributed by atoms with Gasteiger partial charge in [-0.3, -0.25) is 10.1 Å². The number of nitro benzene ring substituents is 1. The number of benzene rings is 1. The molecule has 3 rings (SSSR count). The summed E-state index contributed by atoms with van der Waals surface area (Å²) in [4.78, 5) is 9.92. The summed E-state index contributed by atoms with van der Waals surface area (Å²) in [5, 5.41) is 13.6. The van der Waals surface area contributed by atoms with Gasteiger partial charge < -0.3 is 5.32 Å². The van der Waals surface area contributed by atoms with Crippen LogP contribution in [0.3, 0.4) is 0 Å². The molecular weight excluding hydrogens is 235 g/mol. The first-order valence-corrected chi connectivity index (χ1v) is 6.29. The largest absolute Gasteiger partial charge is 0.382 e. The zero-order chi connectivity index (χ0) is 12.8. The van der Waals surface area contributed by atoms with E-state index in [1.807, 2.05) is 0 Å². The SMILES string of the molecule is O=[N+]([O-])c1ccc(NCC2(C3CC3)CC2)c(F)c1. The average Bonchev–Trinajstić information content (AvgIpc) is 3.19. The molecule has 1 N–H and O–H groups in total. The molecule has 0 bridgehead atoms. The Labute approximate surface area is 104 Å². The highest BCUT2D eigenvalue weighted by molar-refractivity contribution is 5.50. The fraction of sp³-hybridized carbons (Fsp3) is 0.538. The van der Waals surface area contributed by atoms with Crippen molar-refractivity contribution in [2.75, 3.05) is 11.9 Å². The maximum absolute atomic E-state index is 13.7. The van der Waals surface area contributed by atoms with E-state index in [0.717, 1.165) is 18.5 Å². The molecule has 2 saturated carbocycles. The Morgan fingerprint density at radius 1 is 1.44 bits per heavy atom. The molecule has 0 radical (unpaired) electrons. The third-order valence-electron chi connectivity index (χ3n) is 4.13. The lowest BCUT2D eigenvalue weighted by Crippen LogP contribution is -2.17. The van der Waals surface area contributed by atoms with Crippen LogP contribution >= 0.6 is 0 Å². The Balaban J connectivity index is 1.67. The Kier molecular flexibility index (Phi) is 2.50. The van der Waals surface area contributed by atoms with Crippen LogP contribution in [0.4, 0.5) is 15.8 Å². The maximum atomic E-state index is 13.7. The molecule has 0 amide bonds. The number of non-ortho nitro benzene ring substituents is 1. The van der Waals surface area contributed by atoms with E-state index in [2.05, 4.69) is 5.32 Å². The molecule has 0 aromatic heterocycles. The molecule has 0 saturated heterocycles. The number of halogens is 1. The lowest BCUT2D eigenvalue weighted by Gasteiger charge is -2.16. The highest BCUT2D eigenvalue weighted by Crippen LogP contribution is 2.61. The van der Waals surface area contributed by atoms with Gasteiger partial charge in [-0.2, -0.15) is 0 Å². The first kappa shape index (κ1) is 11.4. The van der Waals surface area contributed by atoms with E-state index in [-0.39, 0.29) is 5.69 Å². The summed E-state index contributed by atoms with van der Waals surface area (Å²) in [5.74, 6) is 0.266. The van der Waals surface area contributed by atoms with Gasteiger partial charge in [0, 0.05) is 12.6 Å². The molecule has 0 heterocycles. The molecule has 1 aromatic carbocycles. The quantitative estimate of drug-likeness (QED) is 0.644. The smallest absolute Gasteiger partial charge is 0.272 e. The third-order valence-corrected chi connectivity index (χ3v) is 4.13. The van der Waals surface area contributed by atoms with Crippen LogP contribution in [-0.2, 0) is 0 Å². The van der Waals surface area contributed by atoms with Gasteiger partial charge in [-0.05, 0) is 43.1 Å². The van der Waals surface area contributed by atoms with Crippen molar-refractivity contribution in [2.45, 2.75) is 25.7 Å². The normalized spacial score (nSPS) is 20.5. The van der Waals surface area contributed by atoms with Crippen molar-refractivity contribution >= 4 is 11.4 Å². The minimum Gasteiger partial charge on any atom is -0.382 e. The molecule has 2 aliphatic rings. The predicted octanol–water partition coefficient (Wildman–Crippen LogP) is 3.34. The number of nitro groups is 1. The Hall–Kier alpha value is -1.65. The van der Waals surface area contributed by atoms with Crippen LogP contribution in [0, 0.1) is 27.3 Å². The summed E-state index contributed by atoms with van der Waals surface area (Å²) in [6.45, 7) is 0.784. The van der Waals surface area contributed by atoms with E-state index < -0.39 is 10.7 Å². The number of rotatable bonds is 5. The van der Waals surface area contributed by atoms with Gasteiger partial charge in [0.1, 0.15) is 0 Å². The summed E-state index contributed by atoms with van der Waals surface area (Å²) in [5.41, 5.74) is 0.544. The Bertz CT molecular complexity index is 496. The molecule has 0 atom stereocenters. The van der Waals surface area contributed by atoms with Crippen molar-refractivity contribution in [3.8, 4) is 0 Å². The standard InChI is InChI=1S/C13H15FN2O2/c14-11-7-10(16(17)18)3-4-12(11)15-8-13(5-6-13)9-1-2-9/h3-4,7,9,15H,1-2,5-6,8H2. The van der Waals surface area contributed by atoms with Gasteiger partial charge in [0.05, 0.1) is 16.7 Å². The molecule has 18 heavy (non-hydrogen) atoms. The molecule has 2 aliphatic carbocycles. The highest BCUT2D eigenvalue weighted by atomic mass is 19.1. The minimum atomic E-state index is -0.584. The van der Waals surface area contributed by atoms with Gasteiger partial charge in [-0.1, -0.05) is 0 Å². The third kappa shape index (κ3) is 2.05. The fourth-order valence-corrected chi connectivity index (χ4v) is 2.62. The van der Waals surface area contributed by atoms with Crippen molar-refractivity contribution in [3.05, 3.63) is 34.1 Å². The summed E-state index contributed by atoms with van der Waals surface area (Å²) in [6.07, 6.45) is 5.04. The maximum Gasteiger partial charge on any atom is 0.272 e. The molecule has 0 aliphatic heterocycles. The first-order valence-electron chi connectivity index (χ1n) is 6.29. The monoisotopic (exact) mass is 250 g/mol. The molecular formula is C13H15FN2O2. The van der Waals surface area contributed by atoms with Crippen LogP contribution in [0.5, 0.6) is 0 Å².